The average molecular weight is 439 g/mol. The first-order valence-electron chi connectivity index (χ1n) is 11.3. The summed E-state index contributed by atoms with van der Waals surface area (Å²) in [5, 5.41) is 27.3. The molecule has 0 amide bonds. The van der Waals surface area contributed by atoms with Gasteiger partial charge in [0.15, 0.2) is 0 Å². The smallest absolute Gasteiger partial charge is 0.0771 e. The molecule has 6 heteroatoms. The van der Waals surface area contributed by atoms with Crippen LogP contribution in [0.1, 0.15) is 102 Å². The van der Waals surface area contributed by atoms with Crippen molar-refractivity contribution in [3.8, 4) is 0 Å². The predicted octanol–water partition coefficient (Wildman–Crippen LogP) is 4.72. The lowest BCUT2D eigenvalue weighted by atomic mass is 10.2. The maximum Gasteiger partial charge on any atom is 0.0771 e. The first kappa shape index (κ1) is 34.4. The second-order valence-corrected chi connectivity index (χ2v) is 10.5. The molecule has 0 saturated heterocycles. The molecular weight excluding hydrogens is 384 g/mol. The van der Waals surface area contributed by atoms with Gasteiger partial charge in [-0.2, -0.15) is 0 Å². The Morgan fingerprint density at radius 2 is 0.633 bits per heavy atom. The van der Waals surface area contributed by atoms with Gasteiger partial charge in [-0.1, -0.05) is 20.8 Å². The minimum atomic E-state index is -0.306. The lowest BCUT2D eigenvalue weighted by molar-refractivity contribution is -0.0493. The fraction of sp³-hybridized carbons (Fsp3) is 1.00. The minimum absolute atomic E-state index is 0.129. The molecule has 0 aromatic rings. The molecule has 0 aromatic carbocycles. The van der Waals surface area contributed by atoms with Crippen LogP contribution >= 0.6 is 0 Å². The maximum atomic E-state index is 9.10. The van der Waals surface area contributed by atoms with Gasteiger partial charge >= 0.3 is 0 Å². The Bertz CT molecular complexity index is 308. The van der Waals surface area contributed by atoms with Crippen LogP contribution in [0.25, 0.3) is 0 Å². The fourth-order valence-corrected chi connectivity index (χ4v) is 1.39. The molecular formula is C24H54O6. The number of hydrogen-bond donors (Lipinski definition) is 3. The summed E-state index contributed by atoms with van der Waals surface area (Å²) in [6, 6.07) is 0. The molecule has 0 aliphatic heterocycles. The summed E-state index contributed by atoms with van der Waals surface area (Å²) in [5.41, 5.74) is -0.386. The topological polar surface area (TPSA) is 88.4 Å². The van der Waals surface area contributed by atoms with Crippen LogP contribution in [0, 0.1) is 0 Å². The van der Waals surface area contributed by atoms with E-state index in [4.69, 9.17) is 29.5 Å². The van der Waals surface area contributed by atoms with Crippen LogP contribution in [0.4, 0.5) is 0 Å². The highest BCUT2D eigenvalue weighted by Gasteiger charge is 2.13. The molecule has 186 valence electrons. The van der Waals surface area contributed by atoms with E-state index < -0.39 is 0 Å². The summed E-state index contributed by atoms with van der Waals surface area (Å²) in [7, 11) is 0. The molecule has 0 spiro atoms. The Labute approximate surface area is 187 Å². The lowest BCUT2D eigenvalue weighted by Crippen LogP contribution is -2.25. The number of rotatable bonds is 9. The monoisotopic (exact) mass is 438 g/mol. The molecule has 6 nitrogen and oxygen atoms in total. The van der Waals surface area contributed by atoms with Crippen LogP contribution < -0.4 is 0 Å². The van der Waals surface area contributed by atoms with E-state index in [1.807, 2.05) is 83.1 Å². The van der Waals surface area contributed by atoms with Crippen molar-refractivity contribution in [2.24, 2.45) is 0 Å². The van der Waals surface area contributed by atoms with E-state index in [0.29, 0.717) is 19.8 Å². The third kappa shape index (κ3) is 35.2. The van der Waals surface area contributed by atoms with Crippen LogP contribution in [0.2, 0.25) is 0 Å². The number of aliphatic hydroxyl groups is 3. The number of ether oxygens (including phenoxy) is 3. The number of hydrogen-bond acceptors (Lipinski definition) is 6. The molecule has 0 aliphatic rings. The van der Waals surface area contributed by atoms with E-state index in [9.17, 15) is 0 Å². The summed E-state index contributed by atoms with van der Waals surface area (Å²) < 4.78 is 16.0. The Kier molecular flexibility index (Phi) is 19.9. The van der Waals surface area contributed by atoms with E-state index >= 15 is 0 Å². The van der Waals surface area contributed by atoms with Crippen molar-refractivity contribution in [2.45, 2.75) is 137 Å². The summed E-state index contributed by atoms with van der Waals surface area (Å²) in [6.45, 7) is 25.0. The van der Waals surface area contributed by atoms with Crippen molar-refractivity contribution in [3.05, 3.63) is 0 Å². The maximum absolute atomic E-state index is 9.10. The molecule has 1 unspecified atom stereocenters. The average Bonchev–Trinajstić information content (AvgIpc) is 2.61. The SMILES string of the molecule is CCC(O)COC(C)(C)C.CC[C@@H](O)COC(C)(C)C.CC[C@H](O)COC(C)(C)C. The van der Waals surface area contributed by atoms with Crippen LogP contribution in [0.15, 0.2) is 0 Å². The molecule has 0 saturated carbocycles. The molecule has 30 heavy (non-hydrogen) atoms. The Balaban J connectivity index is -0.000000364. The largest absolute Gasteiger partial charge is 0.391 e. The molecule has 0 fully saturated rings. The van der Waals surface area contributed by atoms with Crippen LogP contribution in [-0.4, -0.2) is 70.3 Å². The first-order chi connectivity index (χ1) is 13.4. The fourth-order valence-electron chi connectivity index (χ4n) is 1.39. The van der Waals surface area contributed by atoms with Crippen molar-refractivity contribution in [2.75, 3.05) is 19.8 Å². The molecule has 0 heterocycles. The van der Waals surface area contributed by atoms with E-state index in [-0.39, 0.29) is 35.1 Å². The van der Waals surface area contributed by atoms with E-state index in [1.165, 1.54) is 0 Å². The summed E-state index contributed by atoms with van der Waals surface area (Å²) in [6.07, 6.45) is 1.36. The zero-order chi connectivity index (χ0) is 24.6. The van der Waals surface area contributed by atoms with Gasteiger partial charge in [-0.25, -0.2) is 0 Å². The third-order valence-corrected chi connectivity index (χ3v) is 3.54. The Morgan fingerprint density at radius 1 is 0.467 bits per heavy atom. The zero-order valence-corrected chi connectivity index (χ0v) is 22.0. The van der Waals surface area contributed by atoms with E-state index in [2.05, 4.69) is 0 Å². The molecule has 0 bridgehead atoms. The van der Waals surface area contributed by atoms with Crippen LogP contribution in [-0.2, 0) is 14.2 Å². The second kappa shape index (κ2) is 17.3. The molecule has 3 atom stereocenters. The van der Waals surface area contributed by atoms with Gasteiger partial charge in [0.05, 0.1) is 54.9 Å². The van der Waals surface area contributed by atoms with Crippen molar-refractivity contribution < 1.29 is 29.5 Å². The third-order valence-electron chi connectivity index (χ3n) is 3.54. The van der Waals surface area contributed by atoms with Crippen molar-refractivity contribution in [3.63, 3.8) is 0 Å². The van der Waals surface area contributed by atoms with Gasteiger partial charge < -0.3 is 29.5 Å². The zero-order valence-electron chi connectivity index (χ0n) is 22.0. The van der Waals surface area contributed by atoms with Crippen molar-refractivity contribution in [1.29, 1.82) is 0 Å². The van der Waals surface area contributed by atoms with Crippen molar-refractivity contribution >= 4 is 0 Å². The quantitative estimate of drug-likeness (QED) is 0.483. The summed E-state index contributed by atoms with van der Waals surface area (Å²) in [4.78, 5) is 0. The Morgan fingerprint density at radius 3 is 0.733 bits per heavy atom. The lowest BCUT2D eigenvalue weighted by Gasteiger charge is -2.21. The summed E-state index contributed by atoms with van der Waals surface area (Å²) >= 11 is 0. The van der Waals surface area contributed by atoms with Crippen LogP contribution in [0.3, 0.4) is 0 Å². The van der Waals surface area contributed by atoms with Gasteiger partial charge in [0.25, 0.3) is 0 Å². The summed E-state index contributed by atoms with van der Waals surface area (Å²) in [5.74, 6) is 0. The highest BCUT2D eigenvalue weighted by molar-refractivity contribution is 4.62. The van der Waals surface area contributed by atoms with Gasteiger partial charge in [0, 0.05) is 0 Å². The standard InChI is InChI=1S/3C8H18O2/c3*1-5-7(9)6-10-8(2,3)4/h3*7,9H,5-6H2,1-4H3/t2*7-;/m10./s1. The molecule has 0 radical (unpaired) electrons. The Hall–Kier alpha value is -0.240. The molecule has 0 aliphatic carbocycles. The molecule has 0 aromatic heterocycles. The highest BCUT2D eigenvalue weighted by Crippen LogP contribution is 2.09. The van der Waals surface area contributed by atoms with Gasteiger partial charge in [-0.05, 0) is 81.6 Å². The first-order valence-corrected chi connectivity index (χ1v) is 11.3. The normalized spacial score (nSPS) is 15.3. The predicted molar refractivity (Wildman–Crippen MR) is 126 cm³/mol. The van der Waals surface area contributed by atoms with Gasteiger partial charge in [0.1, 0.15) is 0 Å². The van der Waals surface area contributed by atoms with Crippen LogP contribution in [0.5, 0.6) is 0 Å². The number of aliphatic hydroxyl groups excluding tert-OH is 3. The van der Waals surface area contributed by atoms with Gasteiger partial charge in [-0.15, -0.1) is 0 Å². The van der Waals surface area contributed by atoms with Gasteiger partial charge in [0.2, 0.25) is 0 Å². The highest BCUT2D eigenvalue weighted by atomic mass is 16.5. The van der Waals surface area contributed by atoms with Gasteiger partial charge in [-0.3, -0.25) is 0 Å². The van der Waals surface area contributed by atoms with Crippen molar-refractivity contribution in [1.82, 2.24) is 0 Å². The second-order valence-electron chi connectivity index (χ2n) is 10.5. The molecule has 0 rings (SSSR count). The molecule has 3 N–H and O–H groups in total. The van der Waals surface area contributed by atoms with E-state index in [1.54, 1.807) is 0 Å². The van der Waals surface area contributed by atoms with E-state index in [0.717, 1.165) is 19.3 Å². The minimum Gasteiger partial charge on any atom is -0.391 e.